The summed E-state index contributed by atoms with van der Waals surface area (Å²) in [5, 5.41) is 10.2. The first-order chi connectivity index (χ1) is 5.49. The van der Waals surface area contributed by atoms with Crippen LogP contribution in [0.1, 0.15) is 40.5 Å². The maximum atomic E-state index is 10.2. The molecule has 0 aromatic rings. The summed E-state index contributed by atoms with van der Waals surface area (Å²) < 4.78 is 0. The van der Waals surface area contributed by atoms with E-state index in [1.165, 1.54) is 0 Å². The predicted molar refractivity (Wildman–Crippen MR) is 53.7 cm³/mol. The van der Waals surface area contributed by atoms with Gasteiger partial charge < -0.3 is 5.11 Å². The van der Waals surface area contributed by atoms with Gasteiger partial charge >= 0.3 is 0 Å². The molecule has 0 amide bonds. The van der Waals surface area contributed by atoms with E-state index < -0.39 is 5.60 Å². The molecule has 1 unspecified atom stereocenters. The van der Waals surface area contributed by atoms with E-state index in [-0.39, 0.29) is 44.1 Å². The maximum absolute atomic E-state index is 10.2. The molecule has 0 aliphatic heterocycles. The fraction of sp³-hybridized carbons (Fsp3) is 0.900. The third kappa shape index (κ3) is 4.29. The van der Waals surface area contributed by atoms with Gasteiger partial charge in [0.1, 0.15) is 5.60 Å². The summed E-state index contributed by atoms with van der Waals surface area (Å²) in [7, 11) is 1.73. The Morgan fingerprint density at radius 3 is 2.15 bits per heavy atom. The summed E-state index contributed by atoms with van der Waals surface area (Å²) in [5.41, 5.74) is 0.156. The Morgan fingerprint density at radius 2 is 1.92 bits per heavy atom. The van der Waals surface area contributed by atoms with Crippen molar-refractivity contribution in [3.8, 4) is 0 Å². The molecule has 0 aromatic carbocycles. The van der Waals surface area contributed by atoms with Crippen LogP contribution in [0, 0.1) is 44.1 Å². The molecule has 0 bridgehead atoms. The minimum absolute atomic E-state index is 0. The van der Waals surface area contributed by atoms with E-state index in [9.17, 15) is 5.11 Å². The molecule has 0 aliphatic rings. The van der Waals surface area contributed by atoms with Crippen molar-refractivity contribution in [3.63, 3.8) is 0 Å². The summed E-state index contributed by atoms with van der Waals surface area (Å²) in [5.74, 6) is 0.237. The smallest absolute Gasteiger partial charge is 0.104 e. The van der Waals surface area contributed by atoms with Crippen LogP contribution in [0.15, 0.2) is 4.99 Å². The van der Waals surface area contributed by atoms with E-state index in [4.69, 9.17) is 0 Å². The summed E-state index contributed by atoms with van der Waals surface area (Å²) in [6.45, 7) is 8.04. The van der Waals surface area contributed by atoms with Gasteiger partial charge in [-0.15, -0.1) is 0 Å². The standard InChI is InChI=1S/C10H21NO.Dy/c1-6-7-10(12,8(2)3)9(4)11-5;/h8,12H,6-7H2,1-5H3;. The van der Waals surface area contributed by atoms with Crippen molar-refractivity contribution < 1.29 is 43.3 Å². The first-order valence-corrected chi connectivity index (χ1v) is 4.65. The van der Waals surface area contributed by atoms with Crippen molar-refractivity contribution in [1.82, 2.24) is 0 Å². The van der Waals surface area contributed by atoms with Gasteiger partial charge in [-0.1, -0.05) is 27.2 Å². The quantitative estimate of drug-likeness (QED) is 0.787. The number of hydrogen-bond donors (Lipinski definition) is 1. The topological polar surface area (TPSA) is 32.6 Å². The Kier molecular flexibility index (Phi) is 9.08. The summed E-state index contributed by atoms with van der Waals surface area (Å²) >= 11 is 0. The molecule has 0 saturated carbocycles. The fourth-order valence-electron chi connectivity index (χ4n) is 1.46. The number of aliphatic imine (C=N–C) groups is 1. The molecule has 3 heteroatoms. The normalized spacial score (nSPS) is 16.7. The van der Waals surface area contributed by atoms with Crippen LogP contribution >= 0.6 is 0 Å². The van der Waals surface area contributed by atoms with E-state index in [2.05, 4.69) is 11.9 Å². The number of rotatable bonds is 4. The van der Waals surface area contributed by atoms with Crippen molar-refractivity contribution >= 4 is 5.71 Å². The molecule has 82 valence electrons. The van der Waals surface area contributed by atoms with Gasteiger partial charge in [0.15, 0.2) is 0 Å². The third-order valence-electron chi connectivity index (χ3n) is 2.55. The maximum Gasteiger partial charge on any atom is 0.104 e. The second kappa shape index (κ2) is 7.23. The molecular weight excluding hydrogens is 313 g/mol. The van der Waals surface area contributed by atoms with E-state index in [1.54, 1.807) is 7.05 Å². The van der Waals surface area contributed by atoms with Gasteiger partial charge in [-0.05, 0) is 19.3 Å². The third-order valence-corrected chi connectivity index (χ3v) is 2.55. The average Bonchev–Trinajstić information content (AvgIpc) is 2.03. The molecule has 13 heavy (non-hydrogen) atoms. The average molecular weight is 334 g/mol. The van der Waals surface area contributed by atoms with Gasteiger partial charge in [-0.2, -0.15) is 0 Å². The van der Waals surface area contributed by atoms with Crippen LogP contribution in [0.3, 0.4) is 0 Å². The van der Waals surface area contributed by atoms with Crippen molar-refractivity contribution in [3.05, 3.63) is 0 Å². The van der Waals surface area contributed by atoms with Crippen molar-refractivity contribution in [2.24, 2.45) is 10.9 Å². The molecule has 0 fully saturated rings. The Labute approximate surface area is 112 Å². The first kappa shape index (κ1) is 16.3. The summed E-state index contributed by atoms with van der Waals surface area (Å²) in [6, 6.07) is 0. The fourth-order valence-corrected chi connectivity index (χ4v) is 1.46. The first-order valence-electron chi connectivity index (χ1n) is 4.65. The molecule has 1 N–H and O–H groups in total. The molecular formula is C10H21DyNO. The van der Waals surface area contributed by atoms with Crippen LogP contribution in [0.2, 0.25) is 0 Å². The summed E-state index contributed by atoms with van der Waals surface area (Å²) in [6.07, 6.45) is 1.79. The number of hydrogen-bond acceptors (Lipinski definition) is 2. The number of nitrogens with zero attached hydrogens (tertiary/aromatic N) is 1. The molecule has 1 atom stereocenters. The molecule has 0 heterocycles. The molecule has 0 aliphatic carbocycles. The van der Waals surface area contributed by atoms with E-state index >= 15 is 0 Å². The minimum atomic E-state index is -0.691. The van der Waals surface area contributed by atoms with Crippen LogP contribution in [0.25, 0.3) is 0 Å². The molecule has 0 saturated heterocycles. The Morgan fingerprint density at radius 1 is 1.46 bits per heavy atom. The Balaban J connectivity index is 0. The molecule has 0 spiro atoms. The van der Waals surface area contributed by atoms with E-state index in [1.807, 2.05) is 20.8 Å². The monoisotopic (exact) mass is 335 g/mol. The molecule has 0 radical (unpaired) electrons. The van der Waals surface area contributed by atoms with Crippen LogP contribution in [-0.2, 0) is 0 Å². The van der Waals surface area contributed by atoms with Crippen molar-refractivity contribution in [2.45, 2.75) is 46.1 Å². The van der Waals surface area contributed by atoms with E-state index in [0.717, 1.165) is 18.6 Å². The second-order valence-electron chi connectivity index (χ2n) is 3.64. The predicted octanol–water partition coefficient (Wildman–Crippen LogP) is 2.26. The van der Waals surface area contributed by atoms with E-state index in [0.29, 0.717) is 0 Å². The van der Waals surface area contributed by atoms with Crippen LogP contribution in [0.5, 0.6) is 0 Å². The van der Waals surface area contributed by atoms with Gasteiger partial charge in [0.05, 0.1) is 0 Å². The molecule has 0 rings (SSSR count). The minimum Gasteiger partial charge on any atom is -0.384 e. The van der Waals surface area contributed by atoms with Gasteiger partial charge in [-0.3, -0.25) is 4.99 Å². The van der Waals surface area contributed by atoms with Gasteiger partial charge in [0.25, 0.3) is 0 Å². The van der Waals surface area contributed by atoms with Crippen LogP contribution < -0.4 is 0 Å². The summed E-state index contributed by atoms with van der Waals surface area (Å²) in [4.78, 5) is 4.07. The SMILES string of the molecule is CCCC(O)(C(C)=NC)C(C)C.[Dy]. The van der Waals surface area contributed by atoms with Gasteiger partial charge in [0.2, 0.25) is 0 Å². The van der Waals surface area contributed by atoms with Gasteiger partial charge in [0, 0.05) is 50.9 Å². The zero-order chi connectivity index (χ0) is 9.78. The second-order valence-corrected chi connectivity index (χ2v) is 3.64. The Bertz CT molecular complexity index is 168. The zero-order valence-corrected chi connectivity index (χ0v) is 11.2. The largest absolute Gasteiger partial charge is 0.384 e. The van der Waals surface area contributed by atoms with Crippen LogP contribution in [0.4, 0.5) is 0 Å². The zero-order valence-electron chi connectivity index (χ0n) is 9.20. The molecule has 0 aromatic heterocycles. The molecule has 2 nitrogen and oxygen atoms in total. The van der Waals surface area contributed by atoms with Crippen molar-refractivity contribution in [2.75, 3.05) is 7.05 Å². The number of aliphatic hydroxyl groups is 1. The van der Waals surface area contributed by atoms with Crippen molar-refractivity contribution in [1.29, 1.82) is 0 Å². The van der Waals surface area contributed by atoms with Crippen LogP contribution in [-0.4, -0.2) is 23.5 Å². The van der Waals surface area contributed by atoms with Gasteiger partial charge in [-0.25, -0.2) is 0 Å². The Hall–Kier alpha value is 0.903.